The lowest BCUT2D eigenvalue weighted by Crippen LogP contribution is -1.89. The number of ether oxygens (including phenoxy) is 1. The zero-order chi connectivity index (χ0) is 16.8. The molecule has 0 aliphatic rings. The summed E-state index contributed by atoms with van der Waals surface area (Å²) in [5.74, 6) is 0.870. The van der Waals surface area contributed by atoms with Crippen LogP contribution in [-0.4, -0.2) is 7.11 Å². The van der Waals surface area contributed by atoms with Crippen molar-refractivity contribution in [3.05, 3.63) is 89.5 Å². The average molecular weight is 315 g/mol. The van der Waals surface area contributed by atoms with Crippen LogP contribution in [0.4, 0.5) is 11.4 Å². The summed E-state index contributed by atoms with van der Waals surface area (Å²) < 4.78 is 5.24. The lowest BCUT2D eigenvalue weighted by molar-refractivity contribution is 0.414. The van der Waals surface area contributed by atoms with E-state index in [2.05, 4.69) is 79.0 Å². The number of hydrogen-bond donors (Lipinski definition) is 1. The molecule has 2 heteroatoms. The molecule has 0 saturated heterocycles. The van der Waals surface area contributed by atoms with Crippen LogP contribution in [0.2, 0.25) is 0 Å². The minimum atomic E-state index is 0.870. The molecule has 3 aromatic rings. The normalized spacial score (nSPS) is 10.8. The van der Waals surface area contributed by atoms with E-state index in [1.807, 2.05) is 18.2 Å². The molecule has 0 aromatic heterocycles. The fourth-order valence-electron chi connectivity index (χ4n) is 2.42. The van der Waals surface area contributed by atoms with Crippen molar-refractivity contribution in [2.45, 2.75) is 6.92 Å². The fourth-order valence-corrected chi connectivity index (χ4v) is 2.42. The molecule has 1 N–H and O–H groups in total. The highest BCUT2D eigenvalue weighted by molar-refractivity contribution is 5.71. The quantitative estimate of drug-likeness (QED) is 0.590. The third-order valence-corrected chi connectivity index (χ3v) is 3.81. The summed E-state index contributed by atoms with van der Waals surface area (Å²) in [4.78, 5) is 0. The molecule has 120 valence electrons. The van der Waals surface area contributed by atoms with E-state index in [1.165, 1.54) is 5.56 Å². The van der Waals surface area contributed by atoms with Crippen molar-refractivity contribution < 1.29 is 4.74 Å². The number of hydrogen-bond acceptors (Lipinski definition) is 2. The van der Waals surface area contributed by atoms with Gasteiger partial charge in [-0.3, -0.25) is 0 Å². The van der Waals surface area contributed by atoms with Gasteiger partial charge in [0.15, 0.2) is 0 Å². The Morgan fingerprint density at radius 1 is 0.750 bits per heavy atom. The lowest BCUT2D eigenvalue weighted by atomic mass is 10.1. The fraction of sp³-hybridized carbons (Fsp3) is 0.0909. The van der Waals surface area contributed by atoms with Crippen molar-refractivity contribution in [3.63, 3.8) is 0 Å². The second kappa shape index (κ2) is 7.51. The summed E-state index contributed by atoms with van der Waals surface area (Å²) >= 11 is 0. The monoisotopic (exact) mass is 315 g/mol. The smallest absolute Gasteiger partial charge is 0.119 e. The van der Waals surface area contributed by atoms with Gasteiger partial charge in [-0.25, -0.2) is 0 Å². The van der Waals surface area contributed by atoms with E-state index in [0.29, 0.717) is 0 Å². The van der Waals surface area contributed by atoms with Gasteiger partial charge in [0.1, 0.15) is 5.75 Å². The summed E-state index contributed by atoms with van der Waals surface area (Å²) in [7, 11) is 1.68. The summed E-state index contributed by atoms with van der Waals surface area (Å²) in [5, 5.41) is 3.41. The predicted molar refractivity (Wildman–Crippen MR) is 103 cm³/mol. The second-order valence-corrected chi connectivity index (χ2v) is 5.72. The number of methoxy groups -OCH3 is 1. The van der Waals surface area contributed by atoms with Crippen LogP contribution in [0.3, 0.4) is 0 Å². The van der Waals surface area contributed by atoms with Gasteiger partial charge >= 0.3 is 0 Å². The molecule has 0 aliphatic carbocycles. The van der Waals surface area contributed by atoms with E-state index in [-0.39, 0.29) is 0 Å². The minimum absolute atomic E-state index is 0.870. The van der Waals surface area contributed by atoms with Crippen molar-refractivity contribution in [3.8, 4) is 5.75 Å². The van der Waals surface area contributed by atoms with Gasteiger partial charge in [0.25, 0.3) is 0 Å². The van der Waals surface area contributed by atoms with Crippen LogP contribution in [0.1, 0.15) is 16.7 Å². The average Bonchev–Trinajstić information content (AvgIpc) is 2.63. The first-order valence-electron chi connectivity index (χ1n) is 7.99. The number of rotatable bonds is 5. The van der Waals surface area contributed by atoms with Crippen LogP contribution in [-0.2, 0) is 0 Å². The van der Waals surface area contributed by atoms with Gasteiger partial charge in [-0.15, -0.1) is 0 Å². The maximum absolute atomic E-state index is 5.24. The van der Waals surface area contributed by atoms with Crippen molar-refractivity contribution in [2.75, 3.05) is 12.4 Å². The van der Waals surface area contributed by atoms with E-state index in [9.17, 15) is 0 Å². The van der Waals surface area contributed by atoms with Crippen LogP contribution >= 0.6 is 0 Å². The molecule has 0 amide bonds. The topological polar surface area (TPSA) is 21.3 Å². The third-order valence-electron chi connectivity index (χ3n) is 3.81. The molecule has 24 heavy (non-hydrogen) atoms. The van der Waals surface area contributed by atoms with Crippen LogP contribution in [0.15, 0.2) is 72.8 Å². The Hall–Kier alpha value is -3.00. The van der Waals surface area contributed by atoms with Crippen molar-refractivity contribution in [1.29, 1.82) is 0 Å². The Morgan fingerprint density at radius 2 is 1.38 bits per heavy atom. The van der Waals surface area contributed by atoms with Crippen molar-refractivity contribution in [2.24, 2.45) is 0 Å². The van der Waals surface area contributed by atoms with E-state index in [1.54, 1.807) is 7.11 Å². The zero-order valence-corrected chi connectivity index (χ0v) is 14.0. The molecule has 0 aliphatic heterocycles. The molecule has 3 rings (SSSR count). The highest BCUT2D eigenvalue weighted by Crippen LogP contribution is 2.19. The SMILES string of the molecule is COc1cccc(C=Cc2ccc(Nc3ccc(C)cc3)cc2)c1. The molecule has 0 bridgehead atoms. The standard InChI is InChI=1S/C22H21NO/c1-17-6-12-20(13-7-17)23-21-14-10-18(11-15-21)8-9-19-4-3-5-22(16-19)24-2/h3-16,23H,1-2H3. The molecule has 0 saturated carbocycles. The predicted octanol–water partition coefficient (Wildman–Crippen LogP) is 5.92. The Labute approximate surface area is 143 Å². The highest BCUT2D eigenvalue weighted by atomic mass is 16.5. The van der Waals surface area contributed by atoms with E-state index in [0.717, 1.165) is 28.3 Å². The van der Waals surface area contributed by atoms with E-state index in [4.69, 9.17) is 4.74 Å². The Kier molecular flexibility index (Phi) is 4.97. The molecular formula is C22H21NO. The van der Waals surface area contributed by atoms with Gasteiger partial charge in [0.2, 0.25) is 0 Å². The lowest BCUT2D eigenvalue weighted by Gasteiger charge is -2.07. The maximum Gasteiger partial charge on any atom is 0.119 e. The molecule has 0 atom stereocenters. The number of anilines is 2. The summed E-state index contributed by atoms with van der Waals surface area (Å²) in [6.07, 6.45) is 4.19. The molecule has 0 radical (unpaired) electrons. The maximum atomic E-state index is 5.24. The first-order chi connectivity index (χ1) is 11.7. The van der Waals surface area contributed by atoms with Gasteiger partial charge in [0.05, 0.1) is 7.11 Å². The highest BCUT2D eigenvalue weighted by Gasteiger charge is 1.95. The second-order valence-electron chi connectivity index (χ2n) is 5.72. The number of aryl methyl sites for hydroxylation is 1. The van der Waals surface area contributed by atoms with Gasteiger partial charge in [-0.05, 0) is 54.4 Å². The van der Waals surface area contributed by atoms with Crippen molar-refractivity contribution in [1.82, 2.24) is 0 Å². The van der Waals surface area contributed by atoms with Gasteiger partial charge in [-0.2, -0.15) is 0 Å². The number of benzene rings is 3. The molecule has 0 spiro atoms. The van der Waals surface area contributed by atoms with Crippen LogP contribution in [0.5, 0.6) is 5.75 Å². The minimum Gasteiger partial charge on any atom is -0.497 e. The van der Waals surface area contributed by atoms with Crippen LogP contribution in [0.25, 0.3) is 12.2 Å². The molecule has 3 aromatic carbocycles. The molecule has 0 unspecified atom stereocenters. The molecule has 0 fully saturated rings. The van der Waals surface area contributed by atoms with Crippen molar-refractivity contribution >= 4 is 23.5 Å². The first kappa shape index (κ1) is 15.9. The van der Waals surface area contributed by atoms with E-state index < -0.39 is 0 Å². The van der Waals surface area contributed by atoms with Gasteiger partial charge in [0, 0.05) is 11.4 Å². The van der Waals surface area contributed by atoms with Gasteiger partial charge in [-0.1, -0.05) is 54.1 Å². The summed E-state index contributed by atoms with van der Waals surface area (Å²) in [5.41, 5.74) is 5.72. The zero-order valence-electron chi connectivity index (χ0n) is 14.0. The Morgan fingerprint density at radius 3 is 2.04 bits per heavy atom. The third kappa shape index (κ3) is 4.26. The van der Waals surface area contributed by atoms with E-state index >= 15 is 0 Å². The summed E-state index contributed by atoms with van der Waals surface area (Å²) in [6.45, 7) is 2.09. The van der Waals surface area contributed by atoms with Crippen LogP contribution < -0.4 is 10.1 Å². The Bertz CT molecular complexity index is 817. The number of nitrogens with one attached hydrogen (secondary N) is 1. The molecular weight excluding hydrogens is 294 g/mol. The first-order valence-corrected chi connectivity index (χ1v) is 7.99. The van der Waals surface area contributed by atoms with Crippen LogP contribution in [0, 0.1) is 6.92 Å². The Balaban J connectivity index is 1.67. The van der Waals surface area contributed by atoms with Gasteiger partial charge < -0.3 is 10.1 Å². The molecule has 0 heterocycles. The largest absolute Gasteiger partial charge is 0.497 e. The molecule has 2 nitrogen and oxygen atoms in total. The summed E-state index contributed by atoms with van der Waals surface area (Å²) in [6, 6.07) is 24.8.